The Kier molecular flexibility index (Phi) is 2.33. The Morgan fingerprint density at radius 2 is 2.14 bits per heavy atom. The van der Waals surface area contributed by atoms with E-state index in [1.54, 1.807) is 11.4 Å². The number of anilines is 1. The quantitative estimate of drug-likeness (QED) is 0.738. The zero-order valence-corrected chi connectivity index (χ0v) is 8.50. The van der Waals surface area contributed by atoms with E-state index in [1.807, 2.05) is 0 Å². The van der Waals surface area contributed by atoms with Crippen molar-refractivity contribution in [2.75, 3.05) is 5.73 Å². The van der Waals surface area contributed by atoms with Crippen molar-refractivity contribution in [2.24, 2.45) is 0 Å². The van der Waals surface area contributed by atoms with Crippen LogP contribution in [0.2, 0.25) is 5.02 Å². The van der Waals surface area contributed by atoms with E-state index >= 15 is 0 Å². The van der Waals surface area contributed by atoms with Gasteiger partial charge in [-0.2, -0.15) is 0 Å². The van der Waals surface area contributed by atoms with Crippen LogP contribution in [0.3, 0.4) is 0 Å². The number of benzene rings is 1. The molecule has 0 spiro atoms. The second kappa shape index (κ2) is 3.37. The molecule has 0 fully saturated rings. The minimum atomic E-state index is -2.59. The molecule has 0 aliphatic heterocycles. The smallest absolute Gasteiger partial charge is 0.265 e. The van der Waals surface area contributed by atoms with E-state index in [1.165, 1.54) is 17.4 Å². The van der Waals surface area contributed by atoms with Crippen molar-refractivity contribution < 1.29 is 8.78 Å². The average Bonchev–Trinajstić information content (AvgIpc) is 2.58. The zero-order chi connectivity index (χ0) is 10.3. The van der Waals surface area contributed by atoms with Crippen LogP contribution < -0.4 is 5.73 Å². The summed E-state index contributed by atoms with van der Waals surface area (Å²) in [5, 5.41) is 2.48. The van der Waals surface area contributed by atoms with Gasteiger partial charge in [-0.25, -0.2) is 8.78 Å². The second-order valence-corrected chi connectivity index (χ2v) is 4.13. The van der Waals surface area contributed by atoms with E-state index < -0.39 is 6.43 Å². The SMILES string of the molecule is Nc1c(Cl)c(C(F)F)cc2ccsc12. The lowest BCUT2D eigenvalue weighted by atomic mass is 10.1. The molecule has 0 unspecified atom stereocenters. The molecule has 5 heteroatoms. The van der Waals surface area contributed by atoms with Crippen LogP contribution in [-0.4, -0.2) is 0 Å². The molecule has 0 saturated carbocycles. The summed E-state index contributed by atoms with van der Waals surface area (Å²) < 4.78 is 25.8. The largest absolute Gasteiger partial charge is 0.396 e. The molecule has 0 aliphatic rings. The van der Waals surface area contributed by atoms with Gasteiger partial charge in [0.25, 0.3) is 6.43 Å². The maximum Gasteiger partial charge on any atom is 0.265 e. The number of thiophene rings is 1. The normalized spacial score (nSPS) is 11.4. The van der Waals surface area contributed by atoms with Crippen molar-refractivity contribution in [3.8, 4) is 0 Å². The Labute approximate surface area is 88.1 Å². The van der Waals surface area contributed by atoms with E-state index in [9.17, 15) is 8.78 Å². The Morgan fingerprint density at radius 3 is 2.79 bits per heavy atom. The van der Waals surface area contributed by atoms with Gasteiger partial charge in [-0.3, -0.25) is 0 Å². The fourth-order valence-corrected chi connectivity index (χ4v) is 2.43. The number of hydrogen-bond acceptors (Lipinski definition) is 2. The molecule has 0 aliphatic carbocycles. The third-order valence-corrected chi connectivity index (χ3v) is 3.36. The van der Waals surface area contributed by atoms with Gasteiger partial charge in [0, 0.05) is 5.56 Å². The van der Waals surface area contributed by atoms with Crippen molar-refractivity contribution in [3.05, 3.63) is 28.1 Å². The molecule has 2 rings (SSSR count). The summed E-state index contributed by atoms with van der Waals surface area (Å²) in [6.07, 6.45) is -2.59. The molecule has 0 saturated heterocycles. The number of hydrogen-bond donors (Lipinski definition) is 1. The third-order valence-electron chi connectivity index (χ3n) is 1.98. The molecular formula is C9H6ClF2NS. The summed E-state index contributed by atoms with van der Waals surface area (Å²) in [4.78, 5) is 0. The van der Waals surface area contributed by atoms with Crippen LogP contribution in [0, 0.1) is 0 Å². The number of alkyl halides is 2. The molecular weight excluding hydrogens is 228 g/mol. The Bertz CT molecular complexity index is 481. The minimum absolute atomic E-state index is 0.0325. The highest BCUT2D eigenvalue weighted by Gasteiger charge is 2.16. The Balaban J connectivity index is 2.80. The maximum absolute atomic E-state index is 12.5. The number of nitrogens with two attached hydrogens (primary N) is 1. The van der Waals surface area contributed by atoms with E-state index in [0.29, 0.717) is 5.39 Å². The molecule has 1 aromatic heterocycles. The molecule has 14 heavy (non-hydrogen) atoms. The van der Waals surface area contributed by atoms with Gasteiger partial charge in [-0.15, -0.1) is 11.3 Å². The predicted molar refractivity (Wildman–Crippen MR) is 56.2 cm³/mol. The predicted octanol–water partition coefficient (Wildman–Crippen LogP) is 4.07. The first kappa shape index (κ1) is 9.68. The van der Waals surface area contributed by atoms with Gasteiger partial charge < -0.3 is 5.73 Å². The lowest BCUT2D eigenvalue weighted by Crippen LogP contribution is -1.93. The standard InChI is InChI=1S/C9H6ClF2NS/c10-6-5(9(11)12)3-4-1-2-14-8(4)7(6)13/h1-3,9H,13H2. The molecule has 1 nitrogen and oxygen atoms in total. The highest BCUT2D eigenvalue weighted by Crippen LogP contribution is 2.39. The van der Waals surface area contributed by atoms with E-state index in [4.69, 9.17) is 17.3 Å². The van der Waals surface area contributed by atoms with Crippen LogP contribution in [0.4, 0.5) is 14.5 Å². The van der Waals surface area contributed by atoms with E-state index in [0.717, 1.165) is 4.70 Å². The average molecular weight is 234 g/mol. The van der Waals surface area contributed by atoms with Crippen molar-refractivity contribution in [1.29, 1.82) is 0 Å². The van der Waals surface area contributed by atoms with Gasteiger partial charge in [-0.05, 0) is 22.9 Å². The van der Waals surface area contributed by atoms with Gasteiger partial charge in [0.2, 0.25) is 0 Å². The lowest BCUT2D eigenvalue weighted by molar-refractivity contribution is 0.151. The zero-order valence-electron chi connectivity index (χ0n) is 6.93. The third kappa shape index (κ3) is 1.35. The summed E-state index contributed by atoms with van der Waals surface area (Å²) in [6, 6.07) is 3.13. The molecule has 0 radical (unpaired) electrons. The van der Waals surface area contributed by atoms with Gasteiger partial charge in [0.05, 0.1) is 15.4 Å². The molecule has 0 amide bonds. The summed E-state index contributed by atoms with van der Waals surface area (Å²) in [7, 11) is 0. The van der Waals surface area contributed by atoms with Crippen molar-refractivity contribution in [1.82, 2.24) is 0 Å². The molecule has 1 aromatic carbocycles. The monoisotopic (exact) mass is 233 g/mol. The molecule has 0 atom stereocenters. The number of halogens is 3. The molecule has 2 aromatic rings. The Hall–Kier alpha value is -0.870. The Morgan fingerprint density at radius 1 is 1.43 bits per heavy atom. The topological polar surface area (TPSA) is 26.0 Å². The van der Waals surface area contributed by atoms with E-state index in [-0.39, 0.29) is 16.3 Å². The van der Waals surface area contributed by atoms with Gasteiger partial charge >= 0.3 is 0 Å². The van der Waals surface area contributed by atoms with Crippen LogP contribution in [0.5, 0.6) is 0 Å². The molecule has 2 N–H and O–H groups in total. The van der Waals surface area contributed by atoms with Crippen LogP contribution >= 0.6 is 22.9 Å². The minimum Gasteiger partial charge on any atom is -0.396 e. The first-order valence-electron chi connectivity index (χ1n) is 3.84. The highest BCUT2D eigenvalue weighted by molar-refractivity contribution is 7.17. The van der Waals surface area contributed by atoms with Crippen molar-refractivity contribution in [3.63, 3.8) is 0 Å². The lowest BCUT2D eigenvalue weighted by Gasteiger charge is -2.06. The second-order valence-electron chi connectivity index (χ2n) is 2.83. The summed E-state index contributed by atoms with van der Waals surface area (Å²) in [6.45, 7) is 0. The summed E-state index contributed by atoms with van der Waals surface area (Å²) in [5.74, 6) is 0. The van der Waals surface area contributed by atoms with Crippen LogP contribution in [0.25, 0.3) is 10.1 Å². The number of nitrogen functional groups attached to an aromatic ring is 1. The summed E-state index contributed by atoms with van der Waals surface area (Å²) >= 11 is 7.12. The van der Waals surface area contributed by atoms with Crippen molar-refractivity contribution >= 4 is 38.7 Å². The summed E-state index contributed by atoms with van der Waals surface area (Å²) in [5.41, 5.74) is 5.69. The van der Waals surface area contributed by atoms with Gasteiger partial charge in [0.1, 0.15) is 0 Å². The first-order valence-corrected chi connectivity index (χ1v) is 5.10. The van der Waals surface area contributed by atoms with Crippen LogP contribution in [-0.2, 0) is 0 Å². The van der Waals surface area contributed by atoms with Crippen molar-refractivity contribution in [2.45, 2.75) is 6.43 Å². The van der Waals surface area contributed by atoms with Gasteiger partial charge in [0.15, 0.2) is 0 Å². The van der Waals surface area contributed by atoms with E-state index in [2.05, 4.69) is 0 Å². The first-order chi connectivity index (χ1) is 6.61. The molecule has 74 valence electrons. The fraction of sp³-hybridized carbons (Fsp3) is 0.111. The van der Waals surface area contributed by atoms with Gasteiger partial charge in [-0.1, -0.05) is 11.6 Å². The number of rotatable bonds is 1. The number of fused-ring (bicyclic) bond motifs is 1. The van der Waals surface area contributed by atoms with Crippen LogP contribution in [0.15, 0.2) is 17.5 Å². The fourth-order valence-electron chi connectivity index (χ4n) is 1.30. The van der Waals surface area contributed by atoms with Crippen LogP contribution in [0.1, 0.15) is 12.0 Å². The maximum atomic E-state index is 12.5. The molecule has 0 bridgehead atoms. The molecule has 1 heterocycles. The highest BCUT2D eigenvalue weighted by atomic mass is 35.5.